The lowest BCUT2D eigenvalue weighted by atomic mass is 9.81. The Bertz CT molecular complexity index is 267. The maximum Gasteiger partial charge on any atom is 0.317 e. The number of rotatable bonds is 0. The molecule has 0 bridgehead atoms. The number of cyclic esters (lactones) is 2. The van der Waals surface area contributed by atoms with Crippen molar-refractivity contribution in [2.24, 2.45) is 17.3 Å². The summed E-state index contributed by atoms with van der Waals surface area (Å²) in [4.78, 5) is 22.0. The first-order chi connectivity index (χ1) is 7.85. The van der Waals surface area contributed by atoms with Crippen molar-refractivity contribution >= 4 is 11.9 Å². The standard InChI is InChI=1S/C8H10O3.C6H14.2CH4/c9-7-5-3-1-2-4-6(5)8(10)11-7;1-5-6(2,3)4;;/h5-6H,1-4H2;5H2,1-4H3;2*1H4/t5-,6?;;;/m0.../s1. The lowest BCUT2D eigenvalue weighted by molar-refractivity contribution is -0.153. The lowest BCUT2D eigenvalue weighted by Crippen LogP contribution is -2.21. The summed E-state index contributed by atoms with van der Waals surface area (Å²) in [6, 6.07) is 0. The fourth-order valence-corrected chi connectivity index (χ4v) is 1.95. The number of carbonyl (C=O) groups is 2. The molecule has 2 aliphatic rings. The van der Waals surface area contributed by atoms with Crippen LogP contribution in [0.3, 0.4) is 0 Å². The Morgan fingerprint density at radius 3 is 1.58 bits per heavy atom. The summed E-state index contributed by atoms with van der Waals surface area (Å²) in [5.74, 6) is -0.785. The highest BCUT2D eigenvalue weighted by atomic mass is 16.6. The molecule has 19 heavy (non-hydrogen) atoms. The molecule has 0 aromatic rings. The van der Waals surface area contributed by atoms with Gasteiger partial charge in [-0.1, -0.05) is 61.8 Å². The molecule has 0 aromatic carbocycles. The van der Waals surface area contributed by atoms with Gasteiger partial charge in [-0.2, -0.15) is 0 Å². The van der Waals surface area contributed by atoms with Crippen molar-refractivity contribution in [2.45, 2.75) is 74.7 Å². The van der Waals surface area contributed by atoms with Crippen LogP contribution in [0.25, 0.3) is 0 Å². The van der Waals surface area contributed by atoms with Crippen LogP contribution in [0.4, 0.5) is 0 Å². The predicted octanol–water partition coefficient (Wildman–Crippen LogP) is 4.59. The normalized spacial score (nSPS) is 25.1. The summed E-state index contributed by atoms with van der Waals surface area (Å²) < 4.78 is 4.53. The number of esters is 2. The summed E-state index contributed by atoms with van der Waals surface area (Å²) in [6.07, 6.45) is 5.07. The van der Waals surface area contributed by atoms with Crippen molar-refractivity contribution in [3.63, 3.8) is 0 Å². The molecule has 2 atom stereocenters. The fourth-order valence-electron chi connectivity index (χ4n) is 1.95. The van der Waals surface area contributed by atoms with Gasteiger partial charge in [0.15, 0.2) is 0 Å². The molecular formula is C16H32O3. The zero-order valence-corrected chi connectivity index (χ0v) is 11.4. The van der Waals surface area contributed by atoms with Crippen molar-refractivity contribution in [3.05, 3.63) is 0 Å². The van der Waals surface area contributed by atoms with Crippen LogP contribution in [-0.2, 0) is 14.3 Å². The molecule has 1 aliphatic carbocycles. The second kappa shape index (κ2) is 8.34. The quantitative estimate of drug-likeness (QED) is 0.478. The van der Waals surface area contributed by atoms with Gasteiger partial charge in [-0.05, 0) is 18.3 Å². The molecule has 1 heterocycles. The molecule has 3 nitrogen and oxygen atoms in total. The molecule has 1 aliphatic heterocycles. The minimum absolute atomic E-state index is 0. The van der Waals surface area contributed by atoms with Crippen molar-refractivity contribution in [2.75, 3.05) is 0 Å². The van der Waals surface area contributed by atoms with E-state index in [0.29, 0.717) is 5.41 Å². The summed E-state index contributed by atoms with van der Waals surface area (Å²) in [5.41, 5.74) is 0.542. The number of ether oxygens (including phenoxy) is 1. The van der Waals surface area contributed by atoms with E-state index in [9.17, 15) is 9.59 Å². The van der Waals surface area contributed by atoms with Crippen LogP contribution in [0.5, 0.6) is 0 Å². The van der Waals surface area contributed by atoms with Gasteiger partial charge in [0, 0.05) is 0 Å². The minimum Gasteiger partial charge on any atom is -0.393 e. The zero-order valence-electron chi connectivity index (χ0n) is 11.4. The SMILES string of the molecule is C.C.CCC(C)(C)C.O=C1OC(=O)[C@H]2CCCCC12. The van der Waals surface area contributed by atoms with E-state index < -0.39 is 0 Å². The number of fused-ring (bicyclic) bond motifs is 1. The van der Waals surface area contributed by atoms with Gasteiger partial charge >= 0.3 is 11.9 Å². The Morgan fingerprint density at radius 1 is 1.00 bits per heavy atom. The van der Waals surface area contributed by atoms with Gasteiger partial charge in [-0.25, -0.2) is 0 Å². The highest BCUT2D eigenvalue weighted by molar-refractivity contribution is 5.96. The Kier molecular flexibility index (Phi) is 8.98. The molecule has 2 rings (SSSR count). The third kappa shape index (κ3) is 6.22. The van der Waals surface area contributed by atoms with Crippen LogP contribution in [0.1, 0.15) is 74.7 Å². The topological polar surface area (TPSA) is 43.4 Å². The van der Waals surface area contributed by atoms with E-state index in [-0.39, 0.29) is 38.6 Å². The summed E-state index contributed by atoms with van der Waals surface area (Å²) >= 11 is 0. The number of hydrogen-bond acceptors (Lipinski definition) is 3. The predicted molar refractivity (Wildman–Crippen MR) is 79.8 cm³/mol. The van der Waals surface area contributed by atoms with Crippen molar-refractivity contribution < 1.29 is 14.3 Å². The van der Waals surface area contributed by atoms with Crippen LogP contribution in [-0.4, -0.2) is 11.9 Å². The third-order valence-electron chi connectivity index (χ3n) is 3.63. The van der Waals surface area contributed by atoms with Crippen LogP contribution >= 0.6 is 0 Å². The van der Waals surface area contributed by atoms with E-state index in [1.54, 1.807) is 0 Å². The highest BCUT2D eigenvalue weighted by Gasteiger charge is 2.44. The van der Waals surface area contributed by atoms with Gasteiger partial charge in [0.05, 0.1) is 11.8 Å². The molecule has 1 saturated carbocycles. The van der Waals surface area contributed by atoms with Gasteiger partial charge in [-0.15, -0.1) is 0 Å². The molecule has 114 valence electrons. The first-order valence-electron chi connectivity index (χ1n) is 6.60. The number of carbonyl (C=O) groups excluding carboxylic acids is 2. The molecular weight excluding hydrogens is 240 g/mol. The molecule has 0 radical (unpaired) electrons. The summed E-state index contributed by atoms with van der Waals surface area (Å²) in [7, 11) is 0. The van der Waals surface area contributed by atoms with E-state index in [1.165, 1.54) is 6.42 Å². The fraction of sp³-hybridized carbons (Fsp3) is 0.875. The first-order valence-corrected chi connectivity index (χ1v) is 6.60. The Hall–Kier alpha value is -0.860. The van der Waals surface area contributed by atoms with Crippen molar-refractivity contribution in [1.29, 1.82) is 0 Å². The molecule has 0 N–H and O–H groups in total. The average molecular weight is 272 g/mol. The zero-order chi connectivity index (χ0) is 13.1. The molecule has 3 heteroatoms. The maximum atomic E-state index is 11.0. The summed E-state index contributed by atoms with van der Waals surface area (Å²) in [5, 5.41) is 0. The highest BCUT2D eigenvalue weighted by Crippen LogP contribution is 2.36. The van der Waals surface area contributed by atoms with Gasteiger partial charge in [0.25, 0.3) is 0 Å². The Morgan fingerprint density at radius 2 is 1.32 bits per heavy atom. The lowest BCUT2D eigenvalue weighted by Gasteiger charge is -2.18. The molecule has 0 amide bonds. The maximum absolute atomic E-state index is 11.0. The molecule has 1 unspecified atom stereocenters. The molecule has 1 saturated heterocycles. The Balaban J connectivity index is 0. The van der Waals surface area contributed by atoms with E-state index in [1.807, 2.05) is 0 Å². The van der Waals surface area contributed by atoms with E-state index >= 15 is 0 Å². The number of hydrogen-bond donors (Lipinski definition) is 0. The van der Waals surface area contributed by atoms with Crippen LogP contribution < -0.4 is 0 Å². The van der Waals surface area contributed by atoms with Crippen molar-refractivity contribution in [1.82, 2.24) is 0 Å². The third-order valence-corrected chi connectivity index (χ3v) is 3.63. The second-order valence-electron chi connectivity index (χ2n) is 6.15. The average Bonchev–Trinajstić information content (AvgIpc) is 2.56. The van der Waals surface area contributed by atoms with E-state index in [2.05, 4.69) is 32.4 Å². The van der Waals surface area contributed by atoms with E-state index in [4.69, 9.17) is 0 Å². The molecule has 0 spiro atoms. The van der Waals surface area contributed by atoms with E-state index in [0.717, 1.165) is 25.7 Å². The van der Waals surface area contributed by atoms with Crippen LogP contribution in [0.2, 0.25) is 0 Å². The molecule has 0 aromatic heterocycles. The minimum atomic E-state index is -0.292. The smallest absolute Gasteiger partial charge is 0.317 e. The Labute approximate surface area is 119 Å². The van der Waals surface area contributed by atoms with Crippen LogP contribution in [0, 0.1) is 17.3 Å². The van der Waals surface area contributed by atoms with Crippen LogP contribution in [0.15, 0.2) is 0 Å². The van der Waals surface area contributed by atoms with Crippen molar-refractivity contribution in [3.8, 4) is 0 Å². The van der Waals surface area contributed by atoms with Gasteiger partial charge < -0.3 is 4.74 Å². The second-order valence-corrected chi connectivity index (χ2v) is 6.15. The van der Waals surface area contributed by atoms with Gasteiger partial charge in [0.2, 0.25) is 0 Å². The monoisotopic (exact) mass is 272 g/mol. The largest absolute Gasteiger partial charge is 0.393 e. The first kappa shape index (κ1) is 20.5. The van der Waals surface area contributed by atoms with Gasteiger partial charge in [0.1, 0.15) is 0 Å². The summed E-state index contributed by atoms with van der Waals surface area (Å²) in [6.45, 7) is 8.94. The van der Waals surface area contributed by atoms with Gasteiger partial charge in [-0.3, -0.25) is 9.59 Å². The molecule has 2 fully saturated rings.